The predicted octanol–water partition coefficient (Wildman–Crippen LogP) is 3.00. The Kier molecular flexibility index (Phi) is 7.52. The molecule has 1 aliphatic carbocycles. The molecule has 0 aromatic carbocycles. The van der Waals surface area contributed by atoms with Crippen molar-refractivity contribution in [3.05, 3.63) is 12.2 Å². The molecule has 1 aliphatic rings. The third-order valence-electron chi connectivity index (χ3n) is 3.07. The molecule has 1 atom stereocenters. The molecule has 94 valence electrons. The Morgan fingerprint density at radius 3 is 2.88 bits per heavy atom. The van der Waals surface area contributed by atoms with Gasteiger partial charge in [-0.3, -0.25) is 0 Å². The van der Waals surface area contributed by atoms with E-state index in [-0.39, 0.29) is 0 Å². The van der Waals surface area contributed by atoms with Gasteiger partial charge in [-0.2, -0.15) is 0 Å². The first kappa shape index (κ1) is 13.7. The fraction of sp³-hybridized carbons (Fsp3) is 0.857. The molecular formula is C14H27NO. The Labute approximate surface area is 100 Å². The zero-order chi connectivity index (χ0) is 11.6. The van der Waals surface area contributed by atoms with E-state index in [4.69, 9.17) is 4.74 Å². The number of hydrogen-bond acceptors (Lipinski definition) is 2. The van der Waals surface area contributed by atoms with E-state index < -0.39 is 0 Å². The van der Waals surface area contributed by atoms with Crippen molar-refractivity contribution in [3.8, 4) is 0 Å². The van der Waals surface area contributed by atoms with Crippen molar-refractivity contribution >= 4 is 0 Å². The maximum Gasteiger partial charge on any atom is 0.0590 e. The van der Waals surface area contributed by atoms with Crippen molar-refractivity contribution < 1.29 is 4.74 Å². The van der Waals surface area contributed by atoms with Gasteiger partial charge in [0.1, 0.15) is 0 Å². The summed E-state index contributed by atoms with van der Waals surface area (Å²) in [4.78, 5) is 0. The molecule has 2 heteroatoms. The van der Waals surface area contributed by atoms with Crippen LogP contribution in [-0.4, -0.2) is 26.3 Å². The van der Waals surface area contributed by atoms with Gasteiger partial charge in [-0.15, -0.1) is 0 Å². The van der Waals surface area contributed by atoms with Gasteiger partial charge in [-0.1, -0.05) is 26.0 Å². The zero-order valence-corrected chi connectivity index (χ0v) is 10.9. The van der Waals surface area contributed by atoms with Crippen LogP contribution in [0.5, 0.6) is 0 Å². The average Bonchev–Trinajstić information content (AvgIpc) is 2.29. The van der Waals surface area contributed by atoms with E-state index in [9.17, 15) is 0 Å². The van der Waals surface area contributed by atoms with Gasteiger partial charge in [0.15, 0.2) is 0 Å². The number of allylic oxidation sites excluding steroid dienone is 2. The minimum absolute atomic E-state index is 0.752. The summed E-state index contributed by atoms with van der Waals surface area (Å²) in [6.45, 7) is 8.38. The predicted molar refractivity (Wildman–Crippen MR) is 69.6 cm³/mol. The van der Waals surface area contributed by atoms with Crippen molar-refractivity contribution in [2.75, 3.05) is 26.3 Å². The van der Waals surface area contributed by atoms with Gasteiger partial charge in [0.05, 0.1) is 6.61 Å². The largest absolute Gasteiger partial charge is 0.380 e. The van der Waals surface area contributed by atoms with Crippen LogP contribution in [-0.2, 0) is 4.74 Å². The highest BCUT2D eigenvalue weighted by atomic mass is 16.5. The molecule has 0 saturated heterocycles. The number of ether oxygens (including phenoxy) is 1. The van der Waals surface area contributed by atoms with Gasteiger partial charge < -0.3 is 10.1 Å². The maximum absolute atomic E-state index is 5.56. The van der Waals surface area contributed by atoms with Crippen LogP contribution < -0.4 is 5.32 Å². The molecule has 0 fully saturated rings. The quantitative estimate of drug-likeness (QED) is 0.506. The lowest BCUT2D eigenvalue weighted by Gasteiger charge is -2.18. The van der Waals surface area contributed by atoms with Gasteiger partial charge in [0.25, 0.3) is 0 Å². The first-order chi connectivity index (χ1) is 7.79. The van der Waals surface area contributed by atoms with E-state index in [2.05, 4.69) is 31.3 Å². The van der Waals surface area contributed by atoms with Crippen molar-refractivity contribution in [3.63, 3.8) is 0 Å². The van der Waals surface area contributed by atoms with E-state index in [1.54, 1.807) is 0 Å². The zero-order valence-electron chi connectivity index (χ0n) is 10.9. The number of rotatable bonds is 8. The third kappa shape index (κ3) is 7.02. The first-order valence-corrected chi connectivity index (χ1v) is 6.72. The Balaban J connectivity index is 1.82. The minimum atomic E-state index is 0.752. The topological polar surface area (TPSA) is 21.3 Å². The van der Waals surface area contributed by atoms with Crippen molar-refractivity contribution in [2.24, 2.45) is 11.8 Å². The van der Waals surface area contributed by atoms with E-state index in [0.29, 0.717) is 0 Å². The minimum Gasteiger partial charge on any atom is -0.380 e. The molecule has 0 aliphatic heterocycles. The van der Waals surface area contributed by atoms with Gasteiger partial charge >= 0.3 is 0 Å². The van der Waals surface area contributed by atoms with Crippen LogP contribution in [0.4, 0.5) is 0 Å². The monoisotopic (exact) mass is 225 g/mol. The van der Waals surface area contributed by atoms with Gasteiger partial charge in [-0.25, -0.2) is 0 Å². The molecule has 0 saturated carbocycles. The number of hydrogen-bond donors (Lipinski definition) is 1. The second-order valence-corrected chi connectivity index (χ2v) is 5.15. The Morgan fingerprint density at radius 1 is 1.31 bits per heavy atom. The Hall–Kier alpha value is -0.340. The fourth-order valence-electron chi connectivity index (χ4n) is 1.91. The highest BCUT2D eigenvalue weighted by Gasteiger charge is 2.08. The molecule has 0 aromatic rings. The van der Waals surface area contributed by atoms with E-state index in [0.717, 1.165) is 38.1 Å². The lowest BCUT2D eigenvalue weighted by atomic mass is 9.94. The lowest BCUT2D eigenvalue weighted by Crippen LogP contribution is -2.27. The summed E-state index contributed by atoms with van der Waals surface area (Å²) >= 11 is 0. The molecule has 0 amide bonds. The molecule has 0 bridgehead atoms. The number of nitrogens with one attached hydrogen (secondary N) is 1. The molecule has 0 aromatic heterocycles. The maximum atomic E-state index is 5.56. The van der Waals surface area contributed by atoms with Crippen molar-refractivity contribution in [1.29, 1.82) is 0 Å². The normalized spacial score (nSPS) is 20.6. The summed E-state index contributed by atoms with van der Waals surface area (Å²) < 4.78 is 5.56. The average molecular weight is 225 g/mol. The SMILES string of the molecule is CC(C)CCOCCNCC1CC=CCC1. The second-order valence-electron chi connectivity index (χ2n) is 5.15. The summed E-state index contributed by atoms with van der Waals surface area (Å²) in [6, 6.07) is 0. The van der Waals surface area contributed by atoms with Crippen LogP contribution in [0.25, 0.3) is 0 Å². The standard InChI is InChI=1S/C14H27NO/c1-13(2)8-10-16-11-9-15-12-14-6-4-3-5-7-14/h3-4,13-15H,5-12H2,1-2H3. The molecule has 0 spiro atoms. The molecule has 1 rings (SSSR count). The summed E-state index contributed by atoms with van der Waals surface area (Å²) in [6.07, 6.45) is 9.64. The van der Waals surface area contributed by atoms with Gasteiger partial charge in [-0.05, 0) is 44.1 Å². The van der Waals surface area contributed by atoms with E-state index in [1.165, 1.54) is 25.7 Å². The molecule has 16 heavy (non-hydrogen) atoms. The van der Waals surface area contributed by atoms with Crippen molar-refractivity contribution in [1.82, 2.24) is 5.32 Å². The van der Waals surface area contributed by atoms with Crippen LogP contribution in [0, 0.1) is 11.8 Å². The van der Waals surface area contributed by atoms with Crippen LogP contribution in [0.15, 0.2) is 12.2 Å². The second kappa shape index (κ2) is 8.77. The Bertz CT molecular complexity index is 189. The molecular weight excluding hydrogens is 198 g/mol. The Morgan fingerprint density at radius 2 is 2.19 bits per heavy atom. The highest BCUT2D eigenvalue weighted by Crippen LogP contribution is 2.16. The van der Waals surface area contributed by atoms with Gasteiger partial charge in [0, 0.05) is 13.2 Å². The lowest BCUT2D eigenvalue weighted by molar-refractivity contribution is 0.124. The van der Waals surface area contributed by atoms with Crippen LogP contribution in [0.1, 0.15) is 39.5 Å². The molecule has 0 radical (unpaired) electrons. The van der Waals surface area contributed by atoms with Crippen LogP contribution in [0.3, 0.4) is 0 Å². The first-order valence-electron chi connectivity index (χ1n) is 6.72. The van der Waals surface area contributed by atoms with Gasteiger partial charge in [0.2, 0.25) is 0 Å². The van der Waals surface area contributed by atoms with Crippen LogP contribution in [0.2, 0.25) is 0 Å². The summed E-state index contributed by atoms with van der Waals surface area (Å²) in [5.41, 5.74) is 0. The van der Waals surface area contributed by atoms with Crippen LogP contribution >= 0.6 is 0 Å². The van der Waals surface area contributed by atoms with Crippen molar-refractivity contribution in [2.45, 2.75) is 39.5 Å². The molecule has 1 N–H and O–H groups in total. The van der Waals surface area contributed by atoms with E-state index in [1.807, 2.05) is 0 Å². The van der Waals surface area contributed by atoms with E-state index >= 15 is 0 Å². The molecule has 0 heterocycles. The summed E-state index contributed by atoms with van der Waals surface area (Å²) in [5, 5.41) is 3.48. The fourth-order valence-corrected chi connectivity index (χ4v) is 1.91. The summed E-state index contributed by atoms with van der Waals surface area (Å²) in [7, 11) is 0. The molecule has 2 nitrogen and oxygen atoms in total. The molecule has 1 unspecified atom stereocenters. The third-order valence-corrected chi connectivity index (χ3v) is 3.07. The summed E-state index contributed by atoms with van der Waals surface area (Å²) in [5.74, 6) is 1.60. The smallest absolute Gasteiger partial charge is 0.0590 e. The highest BCUT2D eigenvalue weighted by molar-refractivity contribution is 4.90.